The van der Waals surface area contributed by atoms with Crippen molar-refractivity contribution in [3.05, 3.63) is 56.7 Å². The maximum absolute atomic E-state index is 11.6. The number of rotatable bonds is 1. The lowest BCUT2D eigenvalue weighted by Gasteiger charge is -2.06. The molecule has 0 saturated heterocycles. The SMILES string of the molecule is Cn1c(-c2ccc(C#CC3CC3)cc2)cc(=O)[nH]c1=O. The first-order chi connectivity index (χ1) is 9.63. The number of nitrogens with zero attached hydrogens (tertiary/aromatic N) is 1. The summed E-state index contributed by atoms with van der Waals surface area (Å²) in [6, 6.07) is 9.01. The molecule has 100 valence electrons. The molecule has 1 aliphatic rings. The normalized spacial score (nSPS) is 13.7. The van der Waals surface area contributed by atoms with Crippen LogP contribution in [0.1, 0.15) is 18.4 Å². The molecule has 1 aromatic heterocycles. The van der Waals surface area contributed by atoms with E-state index in [1.807, 2.05) is 24.3 Å². The van der Waals surface area contributed by atoms with E-state index < -0.39 is 5.69 Å². The molecule has 2 aromatic rings. The Labute approximate surface area is 116 Å². The van der Waals surface area contributed by atoms with Crippen LogP contribution in [0.25, 0.3) is 11.3 Å². The van der Waals surface area contributed by atoms with Gasteiger partial charge in [-0.25, -0.2) is 4.79 Å². The van der Waals surface area contributed by atoms with Crippen molar-refractivity contribution in [2.24, 2.45) is 13.0 Å². The summed E-state index contributed by atoms with van der Waals surface area (Å²) >= 11 is 0. The maximum atomic E-state index is 11.6. The summed E-state index contributed by atoms with van der Waals surface area (Å²) in [5.41, 5.74) is 1.58. The van der Waals surface area contributed by atoms with Gasteiger partial charge in [0.15, 0.2) is 0 Å². The van der Waals surface area contributed by atoms with Gasteiger partial charge in [-0.15, -0.1) is 0 Å². The van der Waals surface area contributed by atoms with E-state index in [0.29, 0.717) is 11.6 Å². The van der Waals surface area contributed by atoms with Crippen LogP contribution in [-0.2, 0) is 7.05 Å². The Morgan fingerprint density at radius 3 is 2.55 bits per heavy atom. The predicted molar refractivity (Wildman–Crippen MR) is 77.3 cm³/mol. The molecule has 1 aliphatic carbocycles. The van der Waals surface area contributed by atoms with E-state index in [1.54, 1.807) is 7.05 Å². The Morgan fingerprint density at radius 1 is 1.20 bits per heavy atom. The van der Waals surface area contributed by atoms with Crippen molar-refractivity contribution in [3.8, 4) is 23.1 Å². The minimum absolute atomic E-state index is 0.388. The lowest BCUT2D eigenvalue weighted by molar-refractivity contribution is 0.809. The van der Waals surface area contributed by atoms with Gasteiger partial charge in [0.25, 0.3) is 5.56 Å². The summed E-state index contributed by atoms with van der Waals surface area (Å²) in [6.07, 6.45) is 2.42. The fraction of sp³-hybridized carbons (Fsp3) is 0.250. The molecule has 1 aromatic carbocycles. The van der Waals surface area contributed by atoms with Gasteiger partial charge in [-0.2, -0.15) is 0 Å². The molecule has 1 fully saturated rings. The average Bonchev–Trinajstić information content (AvgIpc) is 3.25. The van der Waals surface area contributed by atoms with Crippen molar-refractivity contribution in [1.82, 2.24) is 9.55 Å². The summed E-state index contributed by atoms with van der Waals surface area (Å²) in [4.78, 5) is 25.2. The van der Waals surface area contributed by atoms with Gasteiger partial charge in [0.2, 0.25) is 0 Å². The van der Waals surface area contributed by atoms with E-state index in [0.717, 1.165) is 11.1 Å². The van der Waals surface area contributed by atoms with E-state index in [9.17, 15) is 9.59 Å². The molecule has 0 amide bonds. The lowest BCUT2D eigenvalue weighted by atomic mass is 10.1. The molecule has 0 aliphatic heterocycles. The Morgan fingerprint density at radius 2 is 1.90 bits per heavy atom. The smallest absolute Gasteiger partial charge is 0.296 e. The average molecular weight is 266 g/mol. The zero-order valence-corrected chi connectivity index (χ0v) is 11.1. The molecule has 0 spiro atoms. The third-order valence-corrected chi connectivity index (χ3v) is 3.34. The van der Waals surface area contributed by atoms with Crippen LogP contribution in [0.3, 0.4) is 0 Å². The van der Waals surface area contributed by atoms with Crippen molar-refractivity contribution in [1.29, 1.82) is 0 Å². The molecule has 4 heteroatoms. The minimum Gasteiger partial charge on any atom is -0.296 e. The molecule has 1 heterocycles. The van der Waals surface area contributed by atoms with Crippen molar-refractivity contribution in [2.75, 3.05) is 0 Å². The minimum atomic E-state index is -0.412. The molecule has 0 radical (unpaired) electrons. The van der Waals surface area contributed by atoms with Gasteiger partial charge < -0.3 is 0 Å². The zero-order chi connectivity index (χ0) is 14.1. The summed E-state index contributed by atoms with van der Waals surface area (Å²) in [7, 11) is 1.63. The number of benzene rings is 1. The first kappa shape index (κ1) is 12.5. The third kappa shape index (κ3) is 2.57. The molecule has 20 heavy (non-hydrogen) atoms. The van der Waals surface area contributed by atoms with Crippen molar-refractivity contribution in [2.45, 2.75) is 12.8 Å². The lowest BCUT2D eigenvalue weighted by Crippen LogP contribution is -2.28. The number of aromatic nitrogens is 2. The third-order valence-electron chi connectivity index (χ3n) is 3.34. The van der Waals surface area contributed by atoms with Gasteiger partial charge in [-0.3, -0.25) is 14.3 Å². The number of nitrogens with one attached hydrogen (secondary N) is 1. The molecule has 0 unspecified atom stereocenters. The molecule has 0 bridgehead atoms. The zero-order valence-electron chi connectivity index (χ0n) is 11.1. The van der Waals surface area contributed by atoms with Gasteiger partial charge in [0, 0.05) is 24.6 Å². The largest absolute Gasteiger partial charge is 0.328 e. The van der Waals surface area contributed by atoms with Gasteiger partial charge >= 0.3 is 5.69 Å². The molecule has 4 nitrogen and oxygen atoms in total. The molecule has 0 atom stereocenters. The van der Waals surface area contributed by atoms with Crippen LogP contribution >= 0.6 is 0 Å². The number of hydrogen-bond donors (Lipinski definition) is 1. The summed E-state index contributed by atoms with van der Waals surface area (Å²) in [6.45, 7) is 0. The maximum Gasteiger partial charge on any atom is 0.328 e. The second-order valence-electron chi connectivity index (χ2n) is 5.00. The Kier molecular flexibility index (Phi) is 3.03. The fourth-order valence-electron chi connectivity index (χ4n) is 1.97. The number of H-pyrrole nitrogens is 1. The van der Waals surface area contributed by atoms with Crippen molar-refractivity contribution < 1.29 is 0 Å². The highest BCUT2D eigenvalue weighted by atomic mass is 16.2. The second kappa shape index (κ2) is 4.86. The van der Waals surface area contributed by atoms with Crippen LogP contribution in [0.15, 0.2) is 39.9 Å². The molecular weight excluding hydrogens is 252 g/mol. The highest BCUT2D eigenvalue weighted by molar-refractivity contribution is 5.60. The Bertz CT molecular complexity index is 813. The monoisotopic (exact) mass is 266 g/mol. The first-order valence-electron chi connectivity index (χ1n) is 6.56. The van der Waals surface area contributed by atoms with Crippen LogP contribution in [-0.4, -0.2) is 9.55 Å². The second-order valence-corrected chi connectivity index (χ2v) is 5.00. The van der Waals surface area contributed by atoms with Gasteiger partial charge in [-0.05, 0) is 30.5 Å². The summed E-state index contributed by atoms with van der Waals surface area (Å²) < 4.78 is 1.42. The highest BCUT2D eigenvalue weighted by Crippen LogP contribution is 2.27. The van der Waals surface area contributed by atoms with E-state index in [4.69, 9.17) is 0 Å². The Balaban J connectivity index is 1.97. The van der Waals surface area contributed by atoms with Crippen molar-refractivity contribution in [3.63, 3.8) is 0 Å². The van der Waals surface area contributed by atoms with Crippen LogP contribution in [0.2, 0.25) is 0 Å². The first-order valence-corrected chi connectivity index (χ1v) is 6.56. The van der Waals surface area contributed by atoms with Crippen LogP contribution in [0.4, 0.5) is 0 Å². The predicted octanol–water partition coefficient (Wildman–Crippen LogP) is 1.50. The summed E-state index contributed by atoms with van der Waals surface area (Å²) in [5, 5.41) is 0. The molecule has 1 N–H and O–H groups in total. The number of aromatic amines is 1. The molecular formula is C16H14N2O2. The van der Waals surface area contributed by atoms with Gasteiger partial charge in [-0.1, -0.05) is 24.0 Å². The van der Waals surface area contributed by atoms with Crippen molar-refractivity contribution >= 4 is 0 Å². The van der Waals surface area contributed by atoms with E-state index in [2.05, 4.69) is 16.8 Å². The van der Waals surface area contributed by atoms with Crippen LogP contribution < -0.4 is 11.2 Å². The van der Waals surface area contributed by atoms with E-state index in [1.165, 1.54) is 23.5 Å². The molecule has 1 saturated carbocycles. The number of hydrogen-bond acceptors (Lipinski definition) is 2. The van der Waals surface area contributed by atoms with Crippen LogP contribution in [0, 0.1) is 17.8 Å². The topological polar surface area (TPSA) is 54.9 Å². The molecule has 3 rings (SSSR count). The van der Waals surface area contributed by atoms with Gasteiger partial charge in [0.1, 0.15) is 0 Å². The van der Waals surface area contributed by atoms with E-state index in [-0.39, 0.29) is 5.56 Å². The van der Waals surface area contributed by atoms with Gasteiger partial charge in [0.05, 0.1) is 5.69 Å². The quantitative estimate of drug-likeness (QED) is 0.795. The highest BCUT2D eigenvalue weighted by Gasteiger charge is 2.17. The fourth-order valence-corrected chi connectivity index (χ4v) is 1.97. The Hall–Kier alpha value is -2.54. The van der Waals surface area contributed by atoms with Crippen LogP contribution in [0.5, 0.6) is 0 Å². The van der Waals surface area contributed by atoms with E-state index >= 15 is 0 Å². The standard InChI is InChI=1S/C16H14N2O2/c1-18-14(10-15(19)17-16(18)20)13-8-6-12(7-9-13)5-4-11-2-3-11/h6-11H,2-3H2,1H3,(H,17,19,20). The summed E-state index contributed by atoms with van der Waals surface area (Å²) in [5.74, 6) is 6.91.